The standard InChI is InChI=1S/C13H16BrF2NO2/c1-9(14)8-19-13-11(15)5-10(6-12(13)16)7-17-3-4-18-2/h5-6,17H,1,3-4,7-8H2,2H3. The summed E-state index contributed by atoms with van der Waals surface area (Å²) in [4.78, 5) is 0. The lowest BCUT2D eigenvalue weighted by atomic mass is 10.2. The van der Waals surface area contributed by atoms with Gasteiger partial charge >= 0.3 is 0 Å². The van der Waals surface area contributed by atoms with Crippen LogP contribution in [0.15, 0.2) is 23.2 Å². The average Bonchev–Trinajstić information content (AvgIpc) is 2.33. The summed E-state index contributed by atoms with van der Waals surface area (Å²) in [7, 11) is 1.59. The van der Waals surface area contributed by atoms with Crippen molar-refractivity contribution in [2.75, 3.05) is 26.9 Å². The van der Waals surface area contributed by atoms with E-state index in [1.54, 1.807) is 7.11 Å². The molecule has 0 fully saturated rings. The lowest BCUT2D eigenvalue weighted by molar-refractivity contribution is 0.199. The lowest BCUT2D eigenvalue weighted by Crippen LogP contribution is -2.18. The largest absolute Gasteiger partial charge is 0.482 e. The maximum Gasteiger partial charge on any atom is 0.191 e. The molecule has 19 heavy (non-hydrogen) atoms. The SMILES string of the molecule is C=C(Br)COc1c(F)cc(CNCCOC)cc1F. The fourth-order valence-electron chi connectivity index (χ4n) is 1.41. The maximum atomic E-state index is 13.7. The Balaban J connectivity index is 2.65. The van der Waals surface area contributed by atoms with Gasteiger partial charge in [-0.1, -0.05) is 22.5 Å². The van der Waals surface area contributed by atoms with E-state index in [1.165, 1.54) is 12.1 Å². The predicted octanol–water partition coefficient (Wildman–Crippen LogP) is 2.99. The first kappa shape index (κ1) is 16.1. The van der Waals surface area contributed by atoms with Gasteiger partial charge in [0.1, 0.15) is 6.61 Å². The van der Waals surface area contributed by atoms with Gasteiger partial charge in [0.05, 0.1) is 6.61 Å². The van der Waals surface area contributed by atoms with E-state index in [1.807, 2.05) is 0 Å². The van der Waals surface area contributed by atoms with Gasteiger partial charge in [0.2, 0.25) is 0 Å². The van der Waals surface area contributed by atoms with Crippen molar-refractivity contribution in [2.45, 2.75) is 6.54 Å². The summed E-state index contributed by atoms with van der Waals surface area (Å²) in [6, 6.07) is 2.49. The highest BCUT2D eigenvalue weighted by molar-refractivity contribution is 9.11. The number of ether oxygens (including phenoxy) is 2. The maximum absolute atomic E-state index is 13.7. The number of methoxy groups -OCH3 is 1. The highest BCUT2D eigenvalue weighted by atomic mass is 79.9. The van der Waals surface area contributed by atoms with E-state index >= 15 is 0 Å². The van der Waals surface area contributed by atoms with Crippen LogP contribution in [0, 0.1) is 11.6 Å². The second-order valence-corrected chi connectivity index (χ2v) is 4.99. The summed E-state index contributed by atoms with van der Waals surface area (Å²) in [6.45, 7) is 5.06. The molecule has 0 amide bonds. The van der Waals surface area contributed by atoms with Crippen LogP contribution in [-0.4, -0.2) is 26.9 Å². The third-order valence-electron chi connectivity index (χ3n) is 2.24. The van der Waals surface area contributed by atoms with E-state index in [0.29, 0.717) is 29.7 Å². The van der Waals surface area contributed by atoms with Gasteiger partial charge in [0.15, 0.2) is 17.4 Å². The monoisotopic (exact) mass is 335 g/mol. The van der Waals surface area contributed by atoms with Crippen molar-refractivity contribution >= 4 is 15.9 Å². The van der Waals surface area contributed by atoms with Crippen LogP contribution in [0.1, 0.15) is 5.56 Å². The topological polar surface area (TPSA) is 30.5 Å². The van der Waals surface area contributed by atoms with Gasteiger partial charge in [-0.3, -0.25) is 0 Å². The molecule has 0 radical (unpaired) electrons. The molecule has 0 aromatic heterocycles. The fraction of sp³-hybridized carbons (Fsp3) is 0.385. The van der Waals surface area contributed by atoms with Gasteiger partial charge in [-0.15, -0.1) is 0 Å². The molecule has 0 saturated heterocycles. The van der Waals surface area contributed by atoms with Gasteiger partial charge in [0, 0.05) is 24.7 Å². The van der Waals surface area contributed by atoms with E-state index < -0.39 is 11.6 Å². The van der Waals surface area contributed by atoms with E-state index in [0.717, 1.165) is 0 Å². The molecule has 1 aromatic rings. The summed E-state index contributed by atoms with van der Waals surface area (Å²) in [5.41, 5.74) is 0.510. The minimum Gasteiger partial charge on any atom is -0.482 e. The quantitative estimate of drug-likeness (QED) is 0.741. The van der Waals surface area contributed by atoms with Crippen molar-refractivity contribution in [3.63, 3.8) is 0 Å². The summed E-state index contributed by atoms with van der Waals surface area (Å²) >= 11 is 3.06. The zero-order valence-electron chi connectivity index (χ0n) is 10.6. The number of halogens is 3. The Labute approximate surface area is 119 Å². The van der Waals surface area contributed by atoms with Gasteiger partial charge in [-0.25, -0.2) is 8.78 Å². The fourth-order valence-corrected chi connectivity index (χ4v) is 1.52. The molecule has 0 atom stereocenters. The van der Waals surface area contributed by atoms with E-state index in [9.17, 15) is 8.78 Å². The molecule has 0 aliphatic carbocycles. The van der Waals surface area contributed by atoms with Crippen molar-refractivity contribution in [2.24, 2.45) is 0 Å². The van der Waals surface area contributed by atoms with Crippen LogP contribution in [0.5, 0.6) is 5.75 Å². The van der Waals surface area contributed by atoms with Gasteiger partial charge in [-0.2, -0.15) is 0 Å². The normalized spacial score (nSPS) is 10.5. The molecule has 3 nitrogen and oxygen atoms in total. The highest BCUT2D eigenvalue weighted by Gasteiger charge is 2.12. The van der Waals surface area contributed by atoms with Crippen LogP contribution >= 0.6 is 15.9 Å². The van der Waals surface area contributed by atoms with E-state index in [4.69, 9.17) is 9.47 Å². The molecule has 0 aliphatic heterocycles. The number of hydrogen-bond donors (Lipinski definition) is 1. The molecule has 0 heterocycles. The number of nitrogens with one attached hydrogen (secondary N) is 1. The summed E-state index contributed by atoms with van der Waals surface area (Å²) in [6.07, 6.45) is 0. The zero-order valence-corrected chi connectivity index (χ0v) is 12.2. The molecule has 106 valence electrons. The predicted molar refractivity (Wildman–Crippen MR) is 73.5 cm³/mol. The molecule has 1 rings (SSSR count). The highest BCUT2D eigenvalue weighted by Crippen LogP contribution is 2.24. The average molecular weight is 336 g/mol. The van der Waals surface area contributed by atoms with Crippen molar-refractivity contribution in [3.8, 4) is 5.75 Å². The summed E-state index contributed by atoms with van der Waals surface area (Å²) in [5.74, 6) is -1.84. The van der Waals surface area contributed by atoms with Crippen molar-refractivity contribution in [1.29, 1.82) is 0 Å². The molecule has 1 aromatic carbocycles. The molecule has 0 spiro atoms. The Morgan fingerprint density at radius 1 is 1.37 bits per heavy atom. The molecule has 0 bridgehead atoms. The lowest BCUT2D eigenvalue weighted by Gasteiger charge is -2.10. The summed E-state index contributed by atoms with van der Waals surface area (Å²) < 4.78 is 37.7. The Bertz CT molecular complexity index is 418. The Morgan fingerprint density at radius 2 is 2.00 bits per heavy atom. The Kier molecular flexibility index (Phi) is 6.97. The van der Waals surface area contributed by atoms with E-state index in [-0.39, 0.29) is 12.4 Å². The second-order valence-electron chi connectivity index (χ2n) is 3.86. The van der Waals surface area contributed by atoms with Crippen LogP contribution < -0.4 is 10.1 Å². The van der Waals surface area contributed by atoms with Crippen LogP contribution in [0.3, 0.4) is 0 Å². The molecular formula is C13H16BrF2NO2. The third kappa shape index (κ3) is 5.67. The van der Waals surface area contributed by atoms with Crippen LogP contribution in [0.4, 0.5) is 8.78 Å². The van der Waals surface area contributed by atoms with Gasteiger partial charge in [0.25, 0.3) is 0 Å². The third-order valence-corrected chi connectivity index (χ3v) is 2.47. The molecule has 0 aliphatic rings. The minimum absolute atomic E-state index is 0.0132. The van der Waals surface area contributed by atoms with Gasteiger partial charge < -0.3 is 14.8 Å². The van der Waals surface area contributed by atoms with Crippen molar-refractivity contribution < 1.29 is 18.3 Å². The molecule has 0 saturated carbocycles. The molecule has 1 N–H and O–H groups in total. The number of hydrogen-bond acceptors (Lipinski definition) is 3. The van der Waals surface area contributed by atoms with Crippen LogP contribution in [0.25, 0.3) is 0 Å². The van der Waals surface area contributed by atoms with E-state index in [2.05, 4.69) is 27.8 Å². The second kappa shape index (κ2) is 8.24. The first-order valence-electron chi connectivity index (χ1n) is 5.68. The number of benzene rings is 1. The first-order valence-corrected chi connectivity index (χ1v) is 6.47. The van der Waals surface area contributed by atoms with Crippen LogP contribution in [0.2, 0.25) is 0 Å². The van der Waals surface area contributed by atoms with Crippen LogP contribution in [-0.2, 0) is 11.3 Å². The summed E-state index contributed by atoms with van der Waals surface area (Å²) in [5, 5.41) is 3.01. The Morgan fingerprint density at radius 3 is 2.53 bits per heavy atom. The molecular weight excluding hydrogens is 320 g/mol. The number of rotatable bonds is 8. The van der Waals surface area contributed by atoms with Crippen molar-refractivity contribution in [1.82, 2.24) is 5.32 Å². The first-order chi connectivity index (χ1) is 9.04. The van der Waals surface area contributed by atoms with Crippen molar-refractivity contribution in [3.05, 3.63) is 40.4 Å². The smallest absolute Gasteiger partial charge is 0.191 e. The Hall–Kier alpha value is -0.980. The minimum atomic E-state index is -0.725. The molecule has 0 unspecified atom stereocenters. The van der Waals surface area contributed by atoms with Gasteiger partial charge in [-0.05, 0) is 17.7 Å². The zero-order chi connectivity index (χ0) is 14.3. The molecule has 6 heteroatoms.